The van der Waals surface area contributed by atoms with Crippen LogP contribution in [0.25, 0.3) is 0 Å². The molecule has 1 aromatic heterocycles. The van der Waals surface area contributed by atoms with E-state index in [9.17, 15) is 4.79 Å². The number of H-pyrrole nitrogens is 1. The van der Waals surface area contributed by atoms with Gasteiger partial charge in [0.15, 0.2) is 0 Å². The van der Waals surface area contributed by atoms with Crippen LogP contribution in [0, 0.1) is 6.92 Å². The van der Waals surface area contributed by atoms with E-state index in [0.29, 0.717) is 11.7 Å². The zero-order valence-corrected chi connectivity index (χ0v) is 16.7. The molecule has 2 saturated heterocycles. The van der Waals surface area contributed by atoms with Crippen LogP contribution in [0.2, 0.25) is 0 Å². The number of para-hydroxylation sites is 2. The lowest BCUT2D eigenvalue weighted by Crippen LogP contribution is -2.56. The van der Waals surface area contributed by atoms with Gasteiger partial charge in [-0.1, -0.05) is 12.1 Å². The Bertz CT molecular complexity index is 813. The SMILES string of the molecule is COc1ccccc1N1CCN(C2CCCN(C(=O)c3cc(C)[nH]n3)C2)CC1. The Hall–Kier alpha value is -2.54. The molecule has 2 aromatic rings. The van der Waals surface area contributed by atoms with Crippen LogP contribution in [-0.4, -0.2) is 78.3 Å². The number of benzene rings is 1. The minimum Gasteiger partial charge on any atom is -0.495 e. The van der Waals surface area contributed by atoms with Crippen LogP contribution in [0.5, 0.6) is 5.75 Å². The number of piperazine rings is 1. The lowest BCUT2D eigenvalue weighted by Gasteiger charge is -2.44. The number of piperidine rings is 1. The number of amides is 1. The minimum atomic E-state index is 0.0432. The number of anilines is 1. The number of hydrogen-bond donors (Lipinski definition) is 1. The Morgan fingerprint density at radius 2 is 1.96 bits per heavy atom. The molecule has 1 unspecified atom stereocenters. The van der Waals surface area contributed by atoms with Crippen molar-refractivity contribution in [1.29, 1.82) is 0 Å². The summed E-state index contributed by atoms with van der Waals surface area (Å²) >= 11 is 0. The van der Waals surface area contributed by atoms with Crippen molar-refractivity contribution in [1.82, 2.24) is 20.0 Å². The molecule has 2 aliphatic rings. The van der Waals surface area contributed by atoms with Gasteiger partial charge in [-0.25, -0.2) is 0 Å². The molecule has 2 fully saturated rings. The number of hydrogen-bond acceptors (Lipinski definition) is 5. The van der Waals surface area contributed by atoms with Gasteiger partial charge in [0, 0.05) is 51.0 Å². The number of carbonyl (C=O) groups is 1. The summed E-state index contributed by atoms with van der Waals surface area (Å²) in [4.78, 5) is 19.7. The molecule has 0 spiro atoms. The van der Waals surface area contributed by atoms with Gasteiger partial charge in [0.05, 0.1) is 12.8 Å². The number of ether oxygens (including phenoxy) is 1. The van der Waals surface area contributed by atoms with E-state index in [4.69, 9.17) is 4.74 Å². The number of nitrogens with one attached hydrogen (secondary N) is 1. The maximum absolute atomic E-state index is 12.8. The van der Waals surface area contributed by atoms with Crippen molar-refractivity contribution in [2.45, 2.75) is 25.8 Å². The third kappa shape index (κ3) is 3.85. The molecular weight excluding hydrogens is 354 g/mol. The summed E-state index contributed by atoms with van der Waals surface area (Å²) < 4.78 is 5.52. The lowest BCUT2D eigenvalue weighted by molar-refractivity contribution is 0.0558. The zero-order valence-electron chi connectivity index (χ0n) is 16.7. The maximum Gasteiger partial charge on any atom is 0.274 e. The van der Waals surface area contributed by atoms with Gasteiger partial charge in [0.1, 0.15) is 11.4 Å². The van der Waals surface area contributed by atoms with E-state index in [1.165, 1.54) is 5.69 Å². The van der Waals surface area contributed by atoms with Crippen LogP contribution >= 0.6 is 0 Å². The van der Waals surface area contributed by atoms with Gasteiger partial charge >= 0.3 is 0 Å². The second kappa shape index (κ2) is 8.22. The second-order valence-electron chi connectivity index (χ2n) is 7.68. The molecule has 1 atom stereocenters. The lowest BCUT2D eigenvalue weighted by atomic mass is 10.0. The molecule has 0 aliphatic carbocycles. The first-order valence-corrected chi connectivity index (χ1v) is 10.1. The van der Waals surface area contributed by atoms with Gasteiger partial charge in [0.2, 0.25) is 0 Å². The average molecular weight is 383 g/mol. The van der Waals surface area contributed by atoms with E-state index in [1.807, 2.05) is 30.0 Å². The van der Waals surface area contributed by atoms with Gasteiger partial charge in [-0.15, -0.1) is 0 Å². The van der Waals surface area contributed by atoms with E-state index in [1.54, 1.807) is 7.11 Å². The van der Waals surface area contributed by atoms with Crippen LogP contribution in [-0.2, 0) is 0 Å². The third-order valence-electron chi connectivity index (χ3n) is 5.87. The molecular formula is C21H29N5O2. The molecule has 150 valence electrons. The number of methoxy groups -OCH3 is 1. The van der Waals surface area contributed by atoms with Crippen LogP contribution in [0.4, 0.5) is 5.69 Å². The van der Waals surface area contributed by atoms with Crippen molar-refractivity contribution in [3.8, 4) is 5.75 Å². The predicted octanol–water partition coefficient (Wildman–Crippen LogP) is 2.15. The first-order chi connectivity index (χ1) is 13.7. The van der Waals surface area contributed by atoms with Gasteiger partial charge in [-0.2, -0.15) is 5.10 Å². The zero-order chi connectivity index (χ0) is 19.5. The summed E-state index contributed by atoms with van der Waals surface area (Å²) in [6.07, 6.45) is 2.20. The topological polar surface area (TPSA) is 64.7 Å². The number of aromatic nitrogens is 2. The molecule has 0 bridgehead atoms. The highest BCUT2D eigenvalue weighted by Gasteiger charge is 2.31. The molecule has 4 rings (SSSR count). The number of aromatic amines is 1. The summed E-state index contributed by atoms with van der Waals surface area (Å²) in [6.45, 7) is 7.50. The standard InChI is InChI=1S/C21H29N5O2/c1-16-14-18(23-22-16)21(27)26-9-5-6-17(15-26)24-10-12-25(13-11-24)19-7-3-4-8-20(19)28-2/h3-4,7-8,14,17H,5-6,9-13,15H2,1-2H3,(H,22,23). The van der Waals surface area contributed by atoms with Crippen LogP contribution in [0.1, 0.15) is 29.0 Å². The van der Waals surface area contributed by atoms with Crippen molar-refractivity contribution < 1.29 is 9.53 Å². The van der Waals surface area contributed by atoms with Gasteiger partial charge in [-0.05, 0) is 38.0 Å². The summed E-state index contributed by atoms with van der Waals surface area (Å²) in [7, 11) is 1.73. The molecule has 1 aromatic carbocycles. The predicted molar refractivity (Wildman–Crippen MR) is 109 cm³/mol. The first-order valence-electron chi connectivity index (χ1n) is 10.1. The fourth-order valence-corrected chi connectivity index (χ4v) is 4.35. The summed E-state index contributed by atoms with van der Waals surface area (Å²) in [5.41, 5.74) is 2.61. The van der Waals surface area contributed by atoms with Crippen LogP contribution in [0.3, 0.4) is 0 Å². The molecule has 7 nitrogen and oxygen atoms in total. The smallest absolute Gasteiger partial charge is 0.274 e. The van der Waals surface area contributed by atoms with Gasteiger partial charge in [0.25, 0.3) is 5.91 Å². The van der Waals surface area contributed by atoms with E-state index in [2.05, 4.69) is 32.1 Å². The minimum absolute atomic E-state index is 0.0432. The van der Waals surface area contributed by atoms with E-state index in [-0.39, 0.29) is 5.91 Å². The largest absolute Gasteiger partial charge is 0.495 e. The number of nitrogens with zero attached hydrogens (tertiary/aromatic N) is 4. The summed E-state index contributed by atoms with van der Waals surface area (Å²) in [6, 6.07) is 10.5. The Balaban J connectivity index is 1.36. The highest BCUT2D eigenvalue weighted by Crippen LogP contribution is 2.29. The number of rotatable bonds is 4. The quantitative estimate of drug-likeness (QED) is 0.877. The molecule has 7 heteroatoms. The Morgan fingerprint density at radius 3 is 2.68 bits per heavy atom. The monoisotopic (exact) mass is 383 g/mol. The summed E-state index contributed by atoms with van der Waals surface area (Å²) in [5.74, 6) is 0.974. The molecule has 1 N–H and O–H groups in total. The molecule has 3 heterocycles. The number of carbonyl (C=O) groups excluding carboxylic acids is 1. The van der Waals surface area contributed by atoms with E-state index in [0.717, 1.165) is 63.6 Å². The van der Waals surface area contributed by atoms with Crippen LogP contribution in [0.15, 0.2) is 30.3 Å². The Morgan fingerprint density at radius 1 is 1.18 bits per heavy atom. The summed E-state index contributed by atoms with van der Waals surface area (Å²) in [5, 5.41) is 7.01. The molecule has 28 heavy (non-hydrogen) atoms. The van der Waals surface area contributed by atoms with E-state index < -0.39 is 0 Å². The fourth-order valence-electron chi connectivity index (χ4n) is 4.35. The fraction of sp³-hybridized carbons (Fsp3) is 0.524. The van der Waals surface area contributed by atoms with Crippen molar-refractivity contribution in [2.24, 2.45) is 0 Å². The van der Waals surface area contributed by atoms with Crippen molar-refractivity contribution in [3.63, 3.8) is 0 Å². The molecule has 2 aliphatic heterocycles. The first kappa shape index (κ1) is 18.8. The Labute approximate surface area is 166 Å². The molecule has 1 amide bonds. The number of likely N-dealkylation sites (tertiary alicyclic amines) is 1. The normalized spacial score (nSPS) is 21.0. The Kier molecular flexibility index (Phi) is 5.52. The highest BCUT2D eigenvalue weighted by atomic mass is 16.5. The maximum atomic E-state index is 12.8. The van der Waals surface area contributed by atoms with Crippen molar-refractivity contribution >= 4 is 11.6 Å². The van der Waals surface area contributed by atoms with Crippen molar-refractivity contribution in [2.75, 3.05) is 51.3 Å². The molecule has 0 radical (unpaired) electrons. The van der Waals surface area contributed by atoms with E-state index >= 15 is 0 Å². The number of aryl methyl sites for hydroxylation is 1. The van der Waals surface area contributed by atoms with Crippen LogP contribution < -0.4 is 9.64 Å². The third-order valence-corrected chi connectivity index (χ3v) is 5.87. The highest BCUT2D eigenvalue weighted by molar-refractivity contribution is 5.92. The second-order valence-corrected chi connectivity index (χ2v) is 7.68. The van der Waals surface area contributed by atoms with Crippen molar-refractivity contribution in [3.05, 3.63) is 41.7 Å². The van der Waals surface area contributed by atoms with Gasteiger partial charge in [-0.3, -0.25) is 14.8 Å². The average Bonchev–Trinajstić information content (AvgIpc) is 3.19. The molecule has 0 saturated carbocycles. The van der Waals surface area contributed by atoms with Gasteiger partial charge < -0.3 is 14.5 Å².